The minimum absolute atomic E-state index is 0.196. The number of likely N-dealkylation sites (N-methyl/N-ethyl adjacent to an activating group) is 1. The summed E-state index contributed by atoms with van der Waals surface area (Å²) in [6.45, 7) is 0. The zero-order chi connectivity index (χ0) is 14.5. The molecule has 2 rings (SSSR count). The van der Waals surface area contributed by atoms with Crippen molar-refractivity contribution in [3.63, 3.8) is 0 Å². The number of benzene rings is 1. The van der Waals surface area contributed by atoms with Crippen LogP contribution in [0.5, 0.6) is 0 Å². The lowest BCUT2D eigenvalue weighted by atomic mass is 10.0. The number of hydrogen-bond donors (Lipinski definition) is 3. The lowest BCUT2D eigenvalue weighted by Gasteiger charge is -2.12. The molecule has 0 saturated heterocycles. The Morgan fingerprint density at radius 3 is 2.80 bits per heavy atom. The van der Waals surface area contributed by atoms with E-state index in [4.69, 9.17) is 5.11 Å². The molecule has 6 nitrogen and oxygen atoms in total. The van der Waals surface area contributed by atoms with Crippen LogP contribution in [0.25, 0.3) is 6.08 Å². The first-order valence-corrected chi connectivity index (χ1v) is 6.16. The number of carboxylic acid groups (broad SMARTS) is 1. The third-order valence-electron chi connectivity index (χ3n) is 2.97. The molecule has 6 heteroatoms. The standard InChI is InChI=1S/C14H15N3O3/c1-15-12(8-13(18)19)14(20)11-7-6-9-4-2-3-5-10(9)16-17-11/h2-7,12,15-16H,8H2,1H3,(H,18,19). The van der Waals surface area contributed by atoms with Gasteiger partial charge in [0.2, 0.25) is 0 Å². The monoisotopic (exact) mass is 273 g/mol. The van der Waals surface area contributed by atoms with E-state index in [1.54, 1.807) is 19.2 Å². The Hall–Kier alpha value is -2.47. The highest BCUT2D eigenvalue weighted by atomic mass is 16.4. The summed E-state index contributed by atoms with van der Waals surface area (Å²) in [5.41, 5.74) is 4.73. The van der Waals surface area contributed by atoms with E-state index in [2.05, 4.69) is 15.8 Å². The molecular formula is C14H15N3O3. The van der Waals surface area contributed by atoms with E-state index >= 15 is 0 Å². The quantitative estimate of drug-likeness (QED) is 0.747. The van der Waals surface area contributed by atoms with Crippen LogP contribution < -0.4 is 10.7 Å². The summed E-state index contributed by atoms with van der Waals surface area (Å²) in [4.78, 5) is 23.0. The number of aliphatic carboxylic acids is 1. The maximum absolute atomic E-state index is 12.2. The van der Waals surface area contributed by atoms with Crippen LogP contribution in [-0.2, 0) is 9.59 Å². The van der Waals surface area contributed by atoms with Gasteiger partial charge in [0, 0.05) is 0 Å². The number of hydrazone groups is 1. The number of anilines is 1. The first kappa shape index (κ1) is 14.0. The van der Waals surface area contributed by atoms with Crippen molar-refractivity contribution in [1.29, 1.82) is 0 Å². The zero-order valence-electron chi connectivity index (χ0n) is 11.0. The largest absolute Gasteiger partial charge is 0.481 e. The summed E-state index contributed by atoms with van der Waals surface area (Å²) in [5, 5.41) is 15.5. The van der Waals surface area contributed by atoms with E-state index in [0.717, 1.165) is 11.3 Å². The van der Waals surface area contributed by atoms with Crippen molar-refractivity contribution < 1.29 is 14.7 Å². The lowest BCUT2D eigenvalue weighted by Crippen LogP contribution is -2.40. The average Bonchev–Trinajstić information content (AvgIpc) is 2.66. The second-order valence-corrected chi connectivity index (χ2v) is 4.33. The molecule has 1 aromatic carbocycles. The summed E-state index contributed by atoms with van der Waals surface area (Å²) in [6.07, 6.45) is 3.09. The van der Waals surface area contributed by atoms with E-state index in [0.29, 0.717) is 0 Å². The van der Waals surface area contributed by atoms with Crippen molar-refractivity contribution in [1.82, 2.24) is 5.32 Å². The third kappa shape index (κ3) is 3.10. The van der Waals surface area contributed by atoms with Crippen molar-refractivity contribution in [2.75, 3.05) is 12.5 Å². The number of carboxylic acids is 1. The van der Waals surface area contributed by atoms with Gasteiger partial charge in [-0.1, -0.05) is 24.3 Å². The van der Waals surface area contributed by atoms with Crippen LogP contribution in [-0.4, -0.2) is 35.7 Å². The average molecular weight is 273 g/mol. The van der Waals surface area contributed by atoms with Crippen molar-refractivity contribution in [3.05, 3.63) is 35.9 Å². The highest BCUT2D eigenvalue weighted by Gasteiger charge is 2.24. The Morgan fingerprint density at radius 1 is 1.35 bits per heavy atom. The number of carbonyl (C=O) groups excluding carboxylic acids is 1. The van der Waals surface area contributed by atoms with Gasteiger partial charge in [-0.25, -0.2) is 0 Å². The molecule has 1 unspecified atom stereocenters. The highest BCUT2D eigenvalue weighted by molar-refractivity contribution is 6.47. The molecule has 1 aromatic rings. The first-order valence-electron chi connectivity index (χ1n) is 6.16. The fourth-order valence-corrected chi connectivity index (χ4v) is 1.89. The molecule has 0 radical (unpaired) electrons. The van der Waals surface area contributed by atoms with Crippen LogP contribution in [0.15, 0.2) is 35.4 Å². The van der Waals surface area contributed by atoms with Gasteiger partial charge in [-0.2, -0.15) is 5.10 Å². The molecule has 1 atom stereocenters. The van der Waals surface area contributed by atoms with Crippen molar-refractivity contribution in [2.45, 2.75) is 12.5 Å². The second-order valence-electron chi connectivity index (χ2n) is 4.33. The fourth-order valence-electron chi connectivity index (χ4n) is 1.89. The molecule has 20 heavy (non-hydrogen) atoms. The Bertz CT molecular complexity index is 593. The van der Waals surface area contributed by atoms with Gasteiger partial charge in [-0.3, -0.25) is 15.0 Å². The van der Waals surface area contributed by atoms with E-state index in [-0.39, 0.29) is 17.9 Å². The summed E-state index contributed by atoms with van der Waals surface area (Å²) in [6, 6.07) is 6.71. The normalized spacial score (nSPS) is 14.6. The number of allylic oxidation sites excluding steroid dienone is 1. The summed E-state index contributed by atoms with van der Waals surface area (Å²) in [7, 11) is 1.55. The van der Waals surface area contributed by atoms with Gasteiger partial charge < -0.3 is 10.4 Å². The molecule has 0 aliphatic carbocycles. The number of hydrogen-bond acceptors (Lipinski definition) is 5. The number of nitrogens with one attached hydrogen (secondary N) is 2. The van der Waals surface area contributed by atoms with Crippen LogP contribution in [0.1, 0.15) is 12.0 Å². The molecule has 0 aromatic heterocycles. The van der Waals surface area contributed by atoms with Gasteiger partial charge in [0.25, 0.3) is 0 Å². The van der Waals surface area contributed by atoms with Crippen LogP contribution in [0.4, 0.5) is 5.69 Å². The predicted molar refractivity (Wildman–Crippen MR) is 76.6 cm³/mol. The van der Waals surface area contributed by atoms with E-state index in [1.807, 2.05) is 24.3 Å². The fraction of sp³-hybridized carbons (Fsp3) is 0.214. The smallest absolute Gasteiger partial charge is 0.305 e. The van der Waals surface area contributed by atoms with Gasteiger partial charge in [0.15, 0.2) is 5.78 Å². The lowest BCUT2D eigenvalue weighted by molar-refractivity contribution is -0.138. The number of nitrogens with zero attached hydrogens (tertiary/aromatic N) is 1. The highest BCUT2D eigenvalue weighted by Crippen LogP contribution is 2.19. The van der Waals surface area contributed by atoms with Crippen molar-refractivity contribution >= 4 is 29.2 Å². The Morgan fingerprint density at radius 2 is 2.10 bits per heavy atom. The molecule has 0 amide bonds. The van der Waals surface area contributed by atoms with Gasteiger partial charge in [0.1, 0.15) is 5.71 Å². The molecule has 0 saturated carbocycles. The number of ketones is 1. The minimum atomic E-state index is -1.04. The Kier molecular flexibility index (Phi) is 4.27. The molecule has 0 spiro atoms. The number of fused-ring (bicyclic) bond motifs is 1. The molecule has 1 aliphatic heterocycles. The van der Waals surface area contributed by atoms with Crippen molar-refractivity contribution in [3.8, 4) is 0 Å². The number of Topliss-reactive ketones (excluding diaryl/α,β-unsaturated/α-hetero) is 1. The molecular weight excluding hydrogens is 258 g/mol. The molecule has 1 heterocycles. The predicted octanol–water partition coefficient (Wildman–Crippen LogP) is 1.11. The molecule has 104 valence electrons. The third-order valence-corrected chi connectivity index (χ3v) is 2.97. The van der Waals surface area contributed by atoms with Crippen LogP contribution in [0, 0.1) is 0 Å². The van der Waals surface area contributed by atoms with Gasteiger partial charge in [-0.05, 0) is 24.8 Å². The summed E-state index contributed by atoms with van der Waals surface area (Å²) in [5.74, 6) is -1.39. The number of carbonyl (C=O) groups is 2. The molecule has 0 bridgehead atoms. The number of para-hydroxylation sites is 1. The van der Waals surface area contributed by atoms with E-state index in [1.165, 1.54) is 0 Å². The van der Waals surface area contributed by atoms with Gasteiger partial charge in [-0.15, -0.1) is 0 Å². The molecule has 3 N–H and O–H groups in total. The van der Waals surface area contributed by atoms with Crippen molar-refractivity contribution in [2.24, 2.45) is 5.10 Å². The maximum Gasteiger partial charge on any atom is 0.305 e. The molecule has 0 fully saturated rings. The molecule has 1 aliphatic rings. The van der Waals surface area contributed by atoms with Gasteiger partial charge in [0.05, 0.1) is 18.2 Å². The topological polar surface area (TPSA) is 90.8 Å². The SMILES string of the molecule is CNC(CC(=O)O)C(=O)C1=NNc2ccccc2C=C1. The van der Waals surface area contributed by atoms with Crippen LogP contribution >= 0.6 is 0 Å². The Labute approximate surface area is 116 Å². The Balaban J connectivity index is 2.20. The van der Waals surface area contributed by atoms with Crippen LogP contribution in [0.3, 0.4) is 0 Å². The summed E-state index contributed by atoms with van der Waals surface area (Å²) >= 11 is 0. The first-order chi connectivity index (χ1) is 9.61. The summed E-state index contributed by atoms with van der Waals surface area (Å²) < 4.78 is 0. The van der Waals surface area contributed by atoms with E-state index in [9.17, 15) is 9.59 Å². The zero-order valence-corrected chi connectivity index (χ0v) is 11.0. The minimum Gasteiger partial charge on any atom is -0.481 e. The van der Waals surface area contributed by atoms with E-state index < -0.39 is 12.0 Å². The second kappa shape index (κ2) is 6.12. The van der Waals surface area contributed by atoms with Gasteiger partial charge >= 0.3 is 5.97 Å². The number of rotatable bonds is 5. The van der Waals surface area contributed by atoms with Crippen LogP contribution in [0.2, 0.25) is 0 Å². The maximum atomic E-state index is 12.2.